The number of aromatic nitrogens is 2. The maximum Gasteiger partial charge on any atom is 0.134 e. The van der Waals surface area contributed by atoms with Crippen LogP contribution in [0, 0.1) is 6.92 Å². The van der Waals surface area contributed by atoms with Gasteiger partial charge in [-0.25, -0.2) is 9.97 Å². The summed E-state index contributed by atoms with van der Waals surface area (Å²) < 4.78 is 0. The molecule has 2 rings (SSSR count). The van der Waals surface area contributed by atoms with Gasteiger partial charge in [0.15, 0.2) is 0 Å². The van der Waals surface area contributed by atoms with Crippen LogP contribution in [0.5, 0.6) is 0 Å². The van der Waals surface area contributed by atoms with Crippen LogP contribution in [0.3, 0.4) is 0 Å². The van der Waals surface area contributed by atoms with Crippen LogP contribution in [0.25, 0.3) is 0 Å². The second kappa shape index (κ2) is 4.09. The van der Waals surface area contributed by atoms with Crippen molar-refractivity contribution in [3.05, 3.63) is 48.3 Å². The zero-order chi connectivity index (χ0) is 10.7. The molecule has 0 saturated carbocycles. The third-order valence-electron chi connectivity index (χ3n) is 2.21. The molecule has 0 N–H and O–H groups in total. The molecule has 0 unspecified atom stereocenters. The third kappa shape index (κ3) is 2.13. The van der Waals surface area contributed by atoms with Gasteiger partial charge in [-0.1, -0.05) is 12.1 Å². The lowest BCUT2D eigenvalue weighted by Crippen LogP contribution is -2.12. The van der Waals surface area contributed by atoms with Gasteiger partial charge >= 0.3 is 0 Å². The molecule has 0 saturated heterocycles. The molecule has 3 heteroatoms. The monoisotopic (exact) mass is 199 g/mol. The molecule has 2 aromatic heterocycles. The zero-order valence-electron chi connectivity index (χ0n) is 8.88. The number of rotatable bonds is 2. The number of hydrogen-bond donors (Lipinski definition) is 0. The SMILES string of the molecule is Cc1cccc(N(C)c2ccccn2)n1. The quantitative estimate of drug-likeness (QED) is 0.744. The predicted octanol–water partition coefficient (Wildman–Crippen LogP) is 2.55. The highest BCUT2D eigenvalue weighted by Crippen LogP contribution is 2.18. The Morgan fingerprint density at radius 2 is 1.80 bits per heavy atom. The van der Waals surface area contributed by atoms with Crippen molar-refractivity contribution in [2.75, 3.05) is 11.9 Å². The van der Waals surface area contributed by atoms with E-state index < -0.39 is 0 Å². The number of pyridine rings is 2. The van der Waals surface area contributed by atoms with Gasteiger partial charge in [-0.3, -0.25) is 0 Å². The molecule has 15 heavy (non-hydrogen) atoms. The van der Waals surface area contributed by atoms with E-state index in [4.69, 9.17) is 0 Å². The van der Waals surface area contributed by atoms with Crippen molar-refractivity contribution >= 4 is 11.6 Å². The average Bonchev–Trinajstić information content (AvgIpc) is 2.29. The second-order valence-corrected chi connectivity index (χ2v) is 3.38. The Morgan fingerprint density at radius 3 is 2.47 bits per heavy atom. The predicted molar refractivity (Wildman–Crippen MR) is 61.3 cm³/mol. The average molecular weight is 199 g/mol. The molecule has 0 bridgehead atoms. The van der Waals surface area contributed by atoms with Crippen LogP contribution in [0.15, 0.2) is 42.6 Å². The first-order valence-corrected chi connectivity index (χ1v) is 4.86. The fourth-order valence-electron chi connectivity index (χ4n) is 1.38. The zero-order valence-corrected chi connectivity index (χ0v) is 8.88. The summed E-state index contributed by atoms with van der Waals surface area (Å²) in [5, 5.41) is 0. The number of aryl methyl sites for hydroxylation is 1. The first kappa shape index (κ1) is 9.65. The first-order chi connectivity index (χ1) is 7.27. The molecule has 2 heterocycles. The molecule has 76 valence electrons. The Labute approximate surface area is 89.4 Å². The highest BCUT2D eigenvalue weighted by atomic mass is 15.2. The molecule has 3 nitrogen and oxygen atoms in total. The molecule has 0 atom stereocenters. The number of hydrogen-bond acceptors (Lipinski definition) is 3. The lowest BCUT2D eigenvalue weighted by molar-refractivity contribution is 1.06. The van der Waals surface area contributed by atoms with Crippen molar-refractivity contribution in [3.63, 3.8) is 0 Å². The molecular formula is C12H13N3. The molecule has 2 aromatic rings. The molecule has 0 aliphatic carbocycles. The van der Waals surface area contributed by atoms with Crippen molar-refractivity contribution in [1.82, 2.24) is 9.97 Å². The van der Waals surface area contributed by atoms with Gasteiger partial charge in [-0.15, -0.1) is 0 Å². The Hall–Kier alpha value is -1.90. The lowest BCUT2D eigenvalue weighted by Gasteiger charge is -2.16. The van der Waals surface area contributed by atoms with Crippen LogP contribution in [-0.2, 0) is 0 Å². The van der Waals surface area contributed by atoms with Crippen molar-refractivity contribution in [2.24, 2.45) is 0 Å². The summed E-state index contributed by atoms with van der Waals surface area (Å²) in [6.07, 6.45) is 1.78. The van der Waals surface area contributed by atoms with Gasteiger partial charge < -0.3 is 4.90 Å². The smallest absolute Gasteiger partial charge is 0.134 e. The maximum absolute atomic E-state index is 4.44. The number of nitrogens with zero attached hydrogens (tertiary/aromatic N) is 3. The molecule has 0 amide bonds. The summed E-state index contributed by atoms with van der Waals surface area (Å²) in [6, 6.07) is 11.8. The van der Waals surface area contributed by atoms with Crippen LogP contribution in [0.1, 0.15) is 5.69 Å². The van der Waals surface area contributed by atoms with E-state index >= 15 is 0 Å². The van der Waals surface area contributed by atoms with Gasteiger partial charge in [-0.05, 0) is 31.2 Å². The van der Waals surface area contributed by atoms with Crippen LogP contribution in [0.4, 0.5) is 11.6 Å². The summed E-state index contributed by atoms with van der Waals surface area (Å²) in [6.45, 7) is 1.98. The van der Waals surface area contributed by atoms with Gasteiger partial charge in [0, 0.05) is 18.9 Å². The van der Waals surface area contributed by atoms with E-state index in [9.17, 15) is 0 Å². The minimum absolute atomic E-state index is 0.899. The van der Waals surface area contributed by atoms with Crippen molar-refractivity contribution in [2.45, 2.75) is 6.92 Å². The Bertz CT molecular complexity index is 440. The molecular weight excluding hydrogens is 186 g/mol. The van der Waals surface area contributed by atoms with Gasteiger partial charge in [0.25, 0.3) is 0 Å². The van der Waals surface area contributed by atoms with E-state index in [0.717, 1.165) is 17.3 Å². The van der Waals surface area contributed by atoms with E-state index in [1.54, 1.807) is 6.20 Å². The van der Waals surface area contributed by atoms with Crippen LogP contribution in [0.2, 0.25) is 0 Å². The highest BCUT2D eigenvalue weighted by molar-refractivity contribution is 5.54. The van der Waals surface area contributed by atoms with Crippen LogP contribution >= 0.6 is 0 Å². The van der Waals surface area contributed by atoms with E-state index in [1.807, 2.05) is 55.3 Å². The van der Waals surface area contributed by atoms with E-state index in [1.165, 1.54) is 0 Å². The first-order valence-electron chi connectivity index (χ1n) is 4.86. The summed E-state index contributed by atoms with van der Waals surface area (Å²) in [7, 11) is 1.96. The van der Waals surface area contributed by atoms with Gasteiger partial charge in [0.2, 0.25) is 0 Å². The number of anilines is 2. The summed E-state index contributed by atoms with van der Waals surface area (Å²) in [5.74, 6) is 1.81. The summed E-state index contributed by atoms with van der Waals surface area (Å²) >= 11 is 0. The van der Waals surface area contributed by atoms with Gasteiger partial charge in [-0.2, -0.15) is 0 Å². The standard InChI is InChI=1S/C12H13N3/c1-10-6-5-8-12(14-10)15(2)11-7-3-4-9-13-11/h3-9H,1-2H3. The molecule has 0 aliphatic rings. The molecule has 0 aliphatic heterocycles. The summed E-state index contributed by atoms with van der Waals surface area (Å²) in [4.78, 5) is 10.7. The van der Waals surface area contributed by atoms with Crippen molar-refractivity contribution in [3.8, 4) is 0 Å². The second-order valence-electron chi connectivity index (χ2n) is 3.38. The largest absolute Gasteiger partial charge is 0.314 e. The fourth-order valence-corrected chi connectivity index (χ4v) is 1.38. The van der Waals surface area contributed by atoms with Gasteiger partial charge in [0.05, 0.1) is 0 Å². The van der Waals surface area contributed by atoms with Crippen molar-refractivity contribution in [1.29, 1.82) is 0 Å². The lowest BCUT2D eigenvalue weighted by atomic mass is 10.3. The van der Waals surface area contributed by atoms with Crippen molar-refractivity contribution < 1.29 is 0 Å². The minimum Gasteiger partial charge on any atom is -0.314 e. The Kier molecular flexibility index (Phi) is 2.63. The minimum atomic E-state index is 0.899. The van der Waals surface area contributed by atoms with E-state index in [2.05, 4.69) is 9.97 Å². The topological polar surface area (TPSA) is 29.0 Å². The summed E-state index contributed by atoms with van der Waals surface area (Å²) in [5.41, 5.74) is 1.01. The van der Waals surface area contributed by atoms with E-state index in [0.29, 0.717) is 0 Å². The fraction of sp³-hybridized carbons (Fsp3) is 0.167. The highest BCUT2D eigenvalue weighted by Gasteiger charge is 2.04. The van der Waals surface area contributed by atoms with E-state index in [-0.39, 0.29) is 0 Å². The third-order valence-corrected chi connectivity index (χ3v) is 2.21. The molecule has 0 radical (unpaired) electrons. The van der Waals surface area contributed by atoms with Gasteiger partial charge in [0.1, 0.15) is 11.6 Å². The molecule has 0 fully saturated rings. The van der Waals surface area contributed by atoms with Crippen LogP contribution in [-0.4, -0.2) is 17.0 Å². The normalized spacial score (nSPS) is 10.0. The maximum atomic E-state index is 4.44. The Balaban J connectivity index is 2.32. The van der Waals surface area contributed by atoms with Crippen LogP contribution < -0.4 is 4.90 Å². The Morgan fingerprint density at radius 1 is 1.00 bits per heavy atom. The molecule has 0 aromatic carbocycles. The molecule has 0 spiro atoms.